The summed E-state index contributed by atoms with van der Waals surface area (Å²) in [6.07, 6.45) is 0. The van der Waals surface area contributed by atoms with Crippen LogP contribution in [-0.2, 0) is 4.79 Å². The third-order valence-electron chi connectivity index (χ3n) is 2.40. The van der Waals surface area contributed by atoms with E-state index in [4.69, 9.17) is 0 Å². The van der Waals surface area contributed by atoms with Crippen LogP contribution in [0.2, 0.25) is 0 Å². The summed E-state index contributed by atoms with van der Waals surface area (Å²) in [7, 11) is 1.60. The zero-order chi connectivity index (χ0) is 13.1. The molecule has 92 valence electrons. The summed E-state index contributed by atoms with van der Waals surface area (Å²) in [5, 5.41) is 8.36. The van der Waals surface area contributed by atoms with Crippen LogP contribution in [0.5, 0.6) is 0 Å². The third-order valence-corrected chi connectivity index (χ3v) is 3.40. The van der Waals surface area contributed by atoms with Crippen molar-refractivity contribution in [2.45, 2.75) is 6.92 Å². The molecule has 0 radical (unpaired) electrons. The Morgan fingerprint density at radius 2 is 1.83 bits per heavy atom. The van der Waals surface area contributed by atoms with Gasteiger partial charge >= 0.3 is 0 Å². The first kappa shape index (κ1) is 12.4. The van der Waals surface area contributed by atoms with Gasteiger partial charge in [0.2, 0.25) is 16.8 Å². The normalized spacial score (nSPS) is 10.1. The van der Waals surface area contributed by atoms with Crippen molar-refractivity contribution in [1.82, 2.24) is 10.2 Å². The lowest BCUT2D eigenvalue weighted by Gasteiger charge is -2.08. The summed E-state index contributed by atoms with van der Waals surface area (Å²) >= 11 is 1.11. The number of carbonyl (C=O) groups excluding carboxylic acids is 2. The highest BCUT2D eigenvalue weighted by molar-refractivity contribution is 7.17. The number of ketones is 1. The summed E-state index contributed by atoms with van der Waals surface area (Å²) in [5.41, 5.74) is 0.561. The first-order valence-electron chi connectivity index (χ1n) is 5.27. The summed E-state index contributed by atoms with van der Waals surface area (Å²) in [6, 6.07) is 8.86. The molecule has 0 atom stereocenters. The van der Waals surface area contributed by atoms with E-state index in [0.29, 0.717) is 10.7 Å². The molecule has 0 spiro atoms. The van der Waals surface area contributed by atoms with Gasteiger partial charge in [0.25, 0.3) is 0 Å². The Morgan fingerprint density at radius 3 is 2.44 bits per heavy atom. The van der Waals surface area contributed by atoms with Gasteiger partial charge in [0.1, 0.15) is 0 Å². The monoisotopic (exact) mass is 261 g/mol. The summed E-state index contributed by atoms with van der Waals surface area (Å²) in [6.45, 7) is 1.43. The van der Waals surface area contributed by atoms with Crippen molar-refractivity contribution in [2.24, 2.45) is 0 Å². The molecule has 6 heteroatoms. The average molecular weight is 261 g/mol. The van der Waals surface area contributed by atoms with Crippen LogP contribution < -0.4 is 4.90 Å². The molecule has 0 saturated carbocycles. The van der Waals surface area contributed by atoms with Gasteiger partial charge in [-0.1, -0.05) is 41.7 Å². The Kier molecular flexibility index (Phi) is 3.47. The fraction of sp³-hybridized carbons (Fsp3) is 0.167. The van der Waals surface area contributed by atoms with Gasteiger partial charge in [0.05, 0.1) is 0 Å². The van der Waals surface area contributed by atoms with Crippen LogP contribution in [0.1, 0.15) is 22.3 Å². The molecule has 0 unspecified atom stereocenters. The first-order chi connectivity index (χ1) is 8.59. The molecule has 0 aliphatic rings. The van der Waals surface area contributed by atoms with Gasteiger partial charge in [-0.05, 0) is 0 Å². The van der Waals surface area contributed by atoms with E-state index in [-0.39, 0.29) is 16.7 Å². The van der Waals surface area contributed by atoms with Crippen LogP contribution in [-0.4, -0.2) is 28.9 Å². The molecule has 0 N–H and O–H groups in total. The third kappa shape index (κ3) is 2.43. The number of hydrogen-bond donors (Lipinski definition) is 0. The van der Waals surface area contributed by atoms with Crippen molar-refractivity contribution in [3.63, 3.8) is 0 Å². The maximum absolute atomic E-state index is 12.1. The summed E-state index contributed by atoms with van der Waals surface area (Å²) in [4.78, 5) is 24.6. The lowest BCUT2D eigenvalue weighted by Crippen LogP contribution is -2.22. The standard InChI is InChI=1S/C12H11N3O2S/c1-8(16)15(2)12-14-13-11(18-12)10(17)9-6-4-3-5-7-9/h3-7H,1-2H3. The molecule has 1 aromatic heterocycles. The van der Waals surface area contributed by atoms with Gasteiger partial charge in [-0.3, -0.25) is 14.5 Å². The second-order valence-electron chi connectivity index (χ2n) is 3.66. The van der Waals surface area contributed by atoms with E-state index in [1.54, 1.807) is 31.3 Å². The van der Waals surface area contributed by atoms with Crippen LogP contribution >= 0.6 is 11.3 Å². The molecular formula is C12H11N3O2S. The molecule has 1 amide bonds. The molecule has 2 aromatic rings. The number of rotatable bonds is 3. The number of benzene rings is 1. The van der Waals surface area contributed by atoms with Gasteiger partial charge in [-0.15, -0.1) is 10.2 Å². The minimum absolute atomic E-state index is 0.148. The number of nitrogens with zero attached hydrogens (tertiary/aromatic N) is 3. The van der Waals surface area contributed by atoms with Gasteiger partial charge in [0, 0.05) is 19.5 Å². The molecule has 2 rings (SSSR count). The van der Waals surface area contributed by atoms with E-state index in [9.17, 15) is 9.59 Å². The van der Waals surface area contributed by atoms with Gasteiger partial charge in [-0.2, -0.15) is 0 Å². The van der Waals surface area contributed by atoms with Crippen molar-refractivity contribution >= 4 is 28.2 Å². The number of anilines is 1. The van der Waals surface area contributed by atoms with Crippen LogP contribution in [0, 0.1) is 0 Å². The van der Waals surface area contributed by atoms with E-state index in [1.165, 1.54) is 11.8 Å². The second kappa shape index (κ2) is 5.05. The van der Waals surface area contributed by atoms with Crippen LogP contribution in [0.3, 0.4) is 0 Å². The zero-order valence-electron chi connectivity index (χ0n) is 9.95. The first-order valence-corrected chi connectivity index (χ1v) is 6.09. The minimum atomic E-state index is -0.184. The molecule has 18 heavy (non-hydrogen) atoms. The van der Waals surface area contributed by atoms with Crippen LogP contribution in [0.4, 0.5) is 5.13 Å². The zero-order valence-corrected chi connectivity index (χ0v) is 10.8. The second-order valence-corrected chi connectivity index (χ2v) is 4.62. The molecular weight excluding hydrogens is 250 g/mol. The number of aromatic nitrogens is 2. The fourth-order valence-electron chi connectivity index (χ4n) is 1.29. The maximum Gasteiger partial charge on any atom is 0.225 e. The molecule has 0 saturated heterocycles. The Labute approximate surface area is 108 Å². The number of carbonyl (C=O) groups is 2. The molecule has 5 nitrogen and oxygen atoms in total. The van der Waals surface area contributed by atoms with Crippen LogP contribution in [0.25, 0.3) is 0 Å². The fourth-order valence-corrected chi connectivity index (χ4v) is 2.10. The SMILES string of the molecule is CC(=O)N(C)c1nnc(C(=O)c2ccccc2)s1. The molecule has 0 aliphatic heterocycles. The lowest BCUT2D eigenvalue weighted by molar-refractivity contribution is -0.116. The van der Waals surface area contributed by atoms with E-state index in [2.05, 4.69) is 10.2 Å². The van der Waals surface area contributed by atoms with E-state index >= 15 is 0 Å². The number of amides is 1. The van der Waals surface area contributed by atoms with Crippen molar-refractivity contribution in [2.75, 3.05) is 11.9 Å². The van der Waals surface area contributed by atoms with Gasteiger partial charge in [-0.25, -0.2) is 0 Å². The predicted molar refractivity (Wildman–Crippen MR) is 68.9 cm³/mol. The van der Waals surface area contributed by atoms with Gasteiger partial charge in [0.15, 0.2) is 5.01 Å². The van der Waals surface area contributed by atoms with E-state index in [0.717, 1.165) is 11.3 Å². The Bertz CT molecular complexity index is 580. The number of hydrogen-bond acceptors (Lipinski definition) is 5. The molecule has 0 aliphatic carbocycles. The minimum Gasteiger partial charge on any atom is -0.290 e. The van der Waals surface area contributed by atoms with Crippen LogP contribution in [0.15, 0.2) is 30.3 Å². The molecule has 0 fully saturated rings. The largest absolute Gasteiger partial charge is 0.290 e. The summed E-state index contributed by atoms with van der Waals surface area (Å²) in [5.74, 6) is -0.332. The maximum atomic E-state index is 12.1. The van der Waals surface area contributed by atoms with Crippen molar-refractivity contribution in [3.05, 3.63) is 40.9 Å². The van der Waals surface area contributed by atoms with E-state index in [1.807, 2.05) is 6.07 Å². The van der Waals surface area contributed by atoms with Crippen molar-refractivity contribution < 1.29 is 9.59 Å². The topological polar surface area (TPSA) is 63.2 Å². The highest BCUT2D eigenvalue weighted by Crippen LogP contribution is 2.21. The molecule has 0 bridgehead atoms. The van der Waals surface area contributed by atoms with Crippen molar-refractivity contribution in [1.29, 1.82) is 0 Å². The molecule has 1 heterocycles. The lowest BCUT2D eigenvalue weighted by atomic mass is 10.1. The Balaban J connectivity index is 2.26. The quantitative estimate of drug-likeness (QED) is 0.790. The smallest absolute Gasteiger partial charge is 0.225 e. The summed E-state index contributed by atoms with van der Waals surface area (Å²) < 4.78 is 0. The predicted octanol–water partition coefficient (Wildman–Crippen LogP) is 1.75. The average Bonchev–Trinajstić information content (AvgIpc) is 2.87. The Hall–Kier alpha value is -2.08. The molecule has 1 aromatic carbocycles. The van der Waals surface area contributed by atoms with E-state index < -0.39 is 0 Å². The van der Waals surface area contributed by atoms with Crippen molar-refractivity contribution in [3.8, 4) is 0 Å². The highest BCUT2D eigenvalue weighted by atomic mass is 32.1. The highest BCUT2D eigenvalue weighted by Gasteiger charge is 2.17. The van der Waals surface area contributed by atoms with Gasteiger partial charge < -0.3 is 0 Å². The Morgan fingerprint density at radius 1 is 1.17 bits per heavy atom.